The van der Waals surface area contributed by atoms with Crippen molar-refractivity contribution in [2.45, 2.75) is 52.0 Å². The van der Waals surface area contributed by atoms with Gasteiger partial charge in [-0.05, 0) is 42.4 Å². The van der Waals surface area contributed by atoms with Gasteiger partial charge in [0.1, 0.15) is 0 Å². The first-order valence-corrected chi connectivity index (χ1v) is 6.74. The van der Waals surface area contributed by atoms with Crippen LogP contribution in [0.1, 0.15) is 55.8 Å². The highest BCUT2D eigenvalue weighted by molar-refractivity contribution is 5.73. The molecule has 3 heteroatoms. The van der Waals surface area contributed by atoms with Crippen molar-refractivity contribution in [1.82, 2.24) is 0 Å². The van der Waals surface area contributed by atoms with E-state index < -0.39 is 0 Å². The van der Waals surface area contributed by atoms with E-state index >= 15 is 0 Å². The molecule has 0 aromatic heterocycles. The minimum atomic E-state index is -0.252. The Balaban J connectivity index is 2.67. The summed E-state index contributed by atoms with van der Waals surface area (Å²) < 4.78 is 0. The largest absolute Gasteiger partial charge is 0.370 e. The van der Waals surface area contributed by atoms with E-state index in [1.165, 1.54) is 11.1 Å². The van der Waals surface area contributed by atoms with Crippen LogP contribution in [0.5, 0.6) is 0 Å². The highest BCUT2D eigenvalue weighted by atomic mass is 16.1. The number of hydrogen-bond acceptors (Lipinski definition) is 2. The van der Waals surface area contributed by atoms with Crippen LogP contribution in [-0.2, 0) is 17.6 Å². The molecule has 1 aromatic carbocycles. The Morgan fingerprint density at radius 1 is 1.22 bits per heavy atom. The van der Waals surface area contributed by atoms with E-state index in [1.54, 1.807) is 0 Å². The molecule has 0 aliphatic heterocycles. The molecule has 0 aliphatic rings. The Bertz CT molecular complexity index is 401. The van der Waals surface area contributed by atoms with Crippen molar-refractivity contribution in [3.63, 3.8) is 0 Å². The lowest BCUT2D eigenvalue weighted by Crippen LogP contribution is -2.14. The third kappa shape index (κ3) is 4.15. The van der Waals surface area contributed by atoms with Crippen molar-refractivity contribution in [3.05, 3.63) is 34.9 Å². The van der Waals surface area contributed by atoms with Crippen LogP contribution in [0, 0.1) is 0 Å². The van der Waals surface area contributed by atoms with Crippen LogP contribution in [-0.4, -0.2) is 5.91 Å². The molecule has 18 heavy (non-hydrogen) atoms. The third-order valence-corrected chi connectivity index (χ3v) is 3.36. The molecule has 4 N–H and O–H groups in total. The number of aryl methyl sites for hydroxylation is 2. The van der Waals surface area contributed by atoms with Gasteiger partial charge in [-0.25, -0.2) is 0 Å². The molecular formula is C15H24N2O. The van der Waals surface area contributed by atoms with Crippen molar-refractivity contribution in [3.8, 4) is 0 Å². The quantitative estimate of drug-likeness (QED) is 0.778. The second-order valence-corrected chi connectivity index (χ2v) is 4.70. The van der Waals surface area contributed by atoms with Gasteiger partial charge in [0, 0.05) is 12.5 Å². The third-order valence-electron chi connectivity index (χ3n) is 3.36. The van der Waals surface area contributed by atoms with Crippen LogP contribution in [0.2, 0.25) is 0 Å². The molecule has 1 amide bonds. The monoisotopic (exact) mass is 248 g/mol. The first-order chi connectivity index (χ1) is 8.58. The zero-order valence-corrected chi connectivity index (χ0v) is 11.4. The summed E-state index contributed by atoms with van der Waals surface area (Å²) in [5.41, 5.74) is 15.2. The normalized spacial score (nSPS) is 12.4. The average Bonchev–Trinajstić information content (AvgIpc) is 2.37. The van der Waals surface area contributed by atoms with Gasteiger partial charge in [0.2, 0.25) is 5.91 Å². The fraction of sp³-hybridized carbons (Fsp3) is 0.533. The summed E-state index contributed by atoms with van der Waals surface area (Å²) >= 11 is 0. The van der Waals surface area contributed by atoms with E-state index in [0.29, 0.717) is 6.42 Å². The predicted octanol–water partition coefficient (Wildman–Crippen LogP) is 2.47. The van der Waals surface area contributed by atoms with Crippen molar-refractivity contribution >= 4 is 5.91 Å². The van der Waals surface area contributed by atoms with Crippen molar-refractivity contribution in [2.24, 2.45) is 11.5 Å². The number of rotatable bonds is 7. The van der Waals surface area contributed by atoms with Gasteiger partial charge >= 0.3 is 0 Å². The smallest absolute Gasteiger partial charge is 0.217 e. The highest BCUT2D eigenvalue weighted by Crippen LogP contribution is 2.21. The summed E-state index contributed by atoms with van der Waals surface area (Å²) in [6.45, 7) is 4.33. The number of nitrogens with two attached hydrogens (primary N) is 2. The number of amides is 1. The van der Waals surface area contributed by atoms with E-state index in [2.05, 4.69) is 32.0 Å². The second kappa shape index (κ2) is 7.17. The van der Waals surface area contributed by atoms with Gasteiger partial charge in [-0.15, -0.1) is 0 Å². The molecule has 0 heterocycles. The maximum atomic E-state index is 10.7. The zero-order chi connectivity index (χ0) is 13.5. The molecule has 0 fully saturated rings. The van der Waals surface area contributed by atoms with Gasteiger partial charge in [-0.1, -0.05) is 32.0 Å². The SMILES string of the molecule is CCc1ccc(C(N)CCCC(N)=O)cc1CC. The van der Waals surface area contributed by atoms with Gasteiger partial charge < -0.3 is 11.5 Å². The van der Waals surface area contributed by atoms with E-state index in [-0.39, 0.29) is 11.9 Å². The standard InChI is InChI=1S/C15H24N2O/c1-3-11-8-9-13(10-12(11)4-2)14(16)6-5-7-15(17)18/h8-10,14H,3-7,16H2,1-2H3,(H2,17,18). The fourth-order valence-corrected chi connectivity index (χ4v) is 2.21. The van der Waals surface area contributed by atoms with Crippen molar-refractivity contribution < 1.29 is 4.79 Å². The summed E-state index contributed by atoms with van der Waals surface area (Å²) in [5, 5.41) is 0. The van der Waals surface area contributed by atoms with Crippen LogP contribution in [0.25, 0.3) is 0 Å². The van der Waals surface area contributed by atoms with Gasteiger partial charge in [-0.3, -0.25) is 4.79 Å². The molecule has 0 spiro atoms. The fourth-order valence-electron chi connectivity index (χ4n) is 2.21. The first-order valence-electron chi connectivity index (χ1n) is 6.74. The molecule has 1 atom stereocenters. The maximum Gasteiger partial charge on any atom is 0.217 e. The van der Waals surface area contributed by atoms with Crippen LogP contribution in [0.15, 0.2) is 18.2 Å². The minimum absolute atomic E-state index is 0.000515. The molecule has 1 unspecified atom stereocenters. The van der Waals surface area contributed by atoms with Gasteiger partial charge in [0.25, 0.3) is 0 Å². The molecule has 0 radical (unpaired) electrons. The van der Waals surface area contributed by atoms with Crippen molar-refractivity contribution in [1.29, 1.82) is 0 Å². The molecule has 1 rings (SSSR count). The minimum Gasteiger partial charge on any atom is -0.370 e. The van der Waals surface area contributed by atoms with Crippen LogP contribution < -0.4 is 11.5 Å². The molecule has 0 saturated carbocycles. The van der Waals surface area contributed by atoms with Gasteiger partial charge in [0.05, 0.1) is 0 Å². The second-order valence-electron chi connectivity index (χ2n) is 4.70. The molecule has 100 valence electrons. The Morgan fingerprint density at radius 2 is 1.89 bits per heavy atom. The maximum absolute atomic E-state index is 10.7. The average molecular weight is 248 g/mol. The number of benzene rings is 1. The Morgan fingerprint density at radius 3 is 2.44 bits per heavy atom. The summed E-state index contributed by atoms with van der Waals surface area (Å²) in [5.74, 6) is -0.252. The van der Waals surface area contributed by atoms with E-state index in [1.807, 2.05) is 0 Å². The first kappa shape index (κ1) is 14.7. The molecule has 0 aliphatic carbocycles. The molecular weight excluding hydrogens is 224 g/mol. The van der Waals surface area contributed by atoms with Crippen molar-refractivity contribution in [2.75, 3.05) is 0 Å². The van der Waals surface area contributed by atoms with Gasteiger partial charge in [-0.2, -0.15) is 0 Å². The number of primary amides is 1. The molecule has 0 bridgehead atoms. The predicted molar refractivity (Wildman–Crippen MR) is 75.2 cm³/mol. The Labute approximate surface area is 110 Å². The lowest BCUT2D eigenvalue weighted by Gasteiger charge is -2.15. The molecule has 3 nitrogen and oxygen atoms in total. The van der Waals surface area contributed by atoms with E-state index in [0.717, 1.165) is 31.2 Å². The summed E-state index contributed by atoms with van der Waals surface area (Å²) in [6, 6.07) is 6.48. The lowest BCUT2D eigenvalue weighted by atomic mass is 9.95. The Hall–Kier alpha value is -1.35. The summed E-state index contributed by atoms with van der Waals surface area (Å²) in [7, 11) is 0. The summed E-state index contributed by atoms with van der Waals surface area (Å²) in [6.07, 6.45) is 4.07. The Kier molecular flexibility index (Phi) is 5.86. The summed E-state index contributed by atoms with van der Waals surface area (Å²) in [4.78, 5) is 10.7. The van der Waals surface area contributed by atoms with E-state index in [9.17, 15) is 4.79 Å². The van der Waals surface area contributed by atoms with Crippen LogP contribution in [0.3, 0.4) is 0 Å². The highest BCUT2D eigenvalue weighted by Gasteiger charge is 2.09. The number of carbonyl (C=O) groups excluding carboxylic acids is 1. The van der Waals surface area contributed by atoms with E-state index in [4.69, 9.17) is 11.5 Å². The van der Waals surface area contributed by atoms with Crippen LogP contribution in [0.4, 0.5) is 0 Å². The van der Waals surface area contributed by atoms with Crippen LogP contribution >= 0.6 is 0 Å². The number of carbonyl (C=O) groups is 1. The topological polar surface area (TPSA) is 69.1 Å². The lowest BCUT2D eigenvalue weighted by molar-refractivity contribution is -0.118. The molecule has 1 aromatic rings. The van der Waals surface area contributed by atoms with Gasteiger partial charge in [0.15, 0.2) is 0 Å². The zero-order valence-electron chi connectivity index (χ0n) is 11.4. The molecule has 0 saturated heterocycles. The number of hydrogen-bond donors (Lipinski definition) is 2.